The van der Waals surface area contributed by atoms with Gasteiger partial charge in [0.1, 0.15) is 5.75 Å². The Morgan fingerprint density at radius 2 is 1.73 bits per heavy atom. The molecule has 2 unspecified atom stereocenters. The van der Waals surface area contributed by atoms with E-state index in [0.29, 0.717) is 24.0 Å². The van der Waals surface area contributed by atoms with E-state index in [0.717, 1.165) is 28.4 Å². The highest BCUT2D eigenvalue weighted by Gasteiger charge is 2.38. The highest BCUT2D eigenvalue weighted by atomic mass is 16.6. The summed E-state index contributed by atoms with van der Waals surface area (Å²) in [5.74, 6) is 0.703. The van der Waals surface area contributed by atoms with Gasteiger partial charge in [-0.25, -0.2) is 0 Å². The molecule has 0 spiro atoms. The van der Waals surface area contributed by atoms with Gasteiger partial charge in [0, 0.05) is 23.8 Å². The molecule has 2 atom stereocenters. The van der Waals surface area contributed by atoms with E-state index in [1.165, 1.54) is 6.07 Å². The lowest BCUT2D eigenvalue weighted by molar-refractivity contribution is -0.385. The van der Waals surface area contributed by atoms with Crippen LogP contribution in [-0.4, -0.2) is 17.8 Å². The van der Waals surface area contributed by atoms with E-state index in [-0.39, 0.29) is 17.4 Å². The molecule has 1 aliphatic heterocycles. The Bertz CT molecular complexity index is 1280. The second-order valence-electron chi connectivity index (χ2n) is 8.26. The molecule has 33 heavy (non-hydrogen) atoms. The number of carbonyl (C=O) groups is 1. The van der Waals surface area contributed by atoms with Crippen molar-refractivity contribution in [3.05, 3.63) is 105 Å². The van der Waals surface area contributed by atoms with Gasteiger partial charge in [0.15, 0.2) is 5.78 Å². The average molecular weight is 441 g/mol. The first kappa shape index (κ1) is 20.8. The van der Waals surface area contributed by atoms with Crippen LogP contribution in [-0.2, 0) is 4.79 Å². The quantitative estimate of drug-likeness (QED) is 0.405. The molecule has 1 aliphatic carbocycles. The zero-order chi connectivity index (χ0) is 22.9. The molecule has 0 saturated carbocycles. The third-order valence-corrected chi connectivity index (χ3v) is 6.32. The second kappa shape index (κ2) is 8.43. The maximum absolute atomic E-state index is 13.6. The molecule has 0 fully saturated rings. The van der Waals surface area contributed by atoms with Crippen molar-refractivity contribution in [1.29, 1.82) is 0 Å². The van der Waals surface area contributed by atoms with Crippen LogP contribution in [0.5, 0.6) is 5.75 Å². The first-order chi connectivity index (χ1) is 16.0. The topological polar surface area (TPSA) is 93.5 Å². The number of allylic oxidation sites excluding steroid dienone is 1. The normalized spacial score (nSPS) is 19.5. The molecule has 3 aromatic rings. The molecule has 0 bridgehead atoms. The standard InChI is InChI=1S/C26H23N3O4/c1-33-18-8-6-7-16(13-18)17-14-22-25(24(30)15-17)26(19-9-2-5-12-23(19)29(31)32)28-21-11-4-3-10-20(21)27-22/h2-13,17,26-28H,14-15H2,1H3. The van der Waals surface area contributed by atoms with E-state index in [1.807, 2.05) is 48.5 Å². The SMILES string of the molecule is COc1cccc(C2CC(=O)C3=C(C2)Nc2ccccc2NC3c2ccccc2[N+](=O)[O-])c1. The number of benzene rings is 3. The number of nitrogens with zero attached hydrogens (tertiary/aromatic N) is 1. The van der Waals surface area contributed by atoms with E-state index in [1.54, 1.807) is 25.3 Å². The summed E-state index contributed by atoms with van der Waals surface area (Å²) in [4.78, 5) is 25.0. The lowest BCUT2D eigenvalue weighted by Crippen LogP contribution is -2.27. The molecule has 2 aliphatic rings. The molecule has 7 nitrogen and oxygen atoms in total. The van der Waals surface area contributed by atoms with Crippen molar-refractivity contribution in [1.82, 2.24) is 0 Å². The Kier molecular flexibility index (Phi) is 5.30. The molecular formula is C26H23N3O4. The number of nitro benzene ring substituents is 1. The summed E-state index contributed by atoms with van der Waals surface area (Å²) >= 11 is 0. The van der Waals surface area contributed by atoms with Crippen LogP contribution >= 0.6 is 0 Å². The number of methoxy groups -OCH3 is 1. The monoisotopic (exact) mass is 441 g/mol. The number of ketones is 1. The Morgan fingerprint density at radius 3 is 2.52 bits per heavy atom. The molecular weight excluding hydrogens is 418 g/mol. The molecule has 166 valence electrons. The van der Waals surface area contributed by atoms with E-state index in [9.17, 15) is 14.9 Å². The van der Waals surface area contributed by atoms with Gasteiger partial charge in [-0.1, -0.05) is 36.4 Å². The number of nitrogens with one attached hydrogen (secondary N) is 2. The summed E-state index contributed by atoms with van der Waals surface area (Å²) in [6.07, 6.45) is 0.935. The maximum atomic E-state index is 13.6. The Morgan fingerprint density at radius 1 is 0.970 bits per heavy atom. The number of carbonyl (C=O) groups excluding carboxylic acids is 1. The summed E-state index contributed by atoms with van der Waals surface area (Å²) in [5.41, 5.74) is 4.47. The molecule has 0 aromatic heterocycles. The largest absolute Gasteiger partial charge is 0.497 e. The maximum Gasteiger partial charge on any atom is 0.275 e. The van der Waals surface area contributed by atoms with E-state index in [2.05, 4.69) is 10.6 Å². The molecule has 0 radical (unpaired) electrons. The number of Topliss-reactive ketones (excluding diaryl/α,β-unsaturated/α-hetero) is 1. The first-order valence-corrected chi connectivity index (χ1v) is 10.8. The minimum absolute atomic E-state index is 0.0102. The highest BCUT2D eigenvalue weighted by Crippen LogP contribution is 2.45. The molecule has 0 saturated heterocycles. The fraction of sp³-hybridized carbons (Fsp3) is 0.192. The smallest absolute Gasteiger partial charge is 0.275 e. The van der Waals surface area contributed by atoms with Gasteiger partial charge in [-0.2, -0.15) is 0 Å². The van der Waals surface area contributed by atoms with Crippen LogP contribution in [0, 0.1) is 10.1 Å². The third kappa shape index (κ3) is 3.82. The molecule has 2 N–H and O–H groups in total. The van der Waals surface area contributed by atoms with Crippen molar-refractivity contribution < 1.29 is 14.5 Å². The molecule has 3 aromatic carbocycles. The van der Waals surface area contributed by atoms with Gasteiger partial charge in [0.05, 0.1) is 35.0 Å². The minimum atomic E-state index is -0.628. The lowest BCUT2D eigenvalue weighted by atomic mass is 9.78. The van der Waals surface area contributed by atoms with Gasteiger partial charge >= 0.3 is 0 Å². The summed E-state index contributed by atoms with van der Waals surface area (Å²) in [6.45, 7) is 0. The van der Waals surface area contributed by atoms with Gasteiger partial charge in [-0.3, -0.25) is 14.9 Å². The average Bonchev–Trinajstić information content (AvgIpc) is 3.01. The van der Waals surface area contributed by atoms with Gasteiger partial charge < -0.3 is 15.4 Å². The molecule has 1 heterocycles. The van der Waals surface area contributed by atoms with Gasteiger partial charge in [0.25, 0.3) is 5.69 Å². The van der Waals surface area contributed by atoms with Crippen LogP contribution in [0.4, 0.5) is 17.1 Å². The van der Waals surface area contributed by atoms with Crippen LogP contribution in [0.3, 0.4) is 0 Å². The highest BCUT2D eigenvalue weighted by molar-refractivity contribution is 6.01. The number of rotatable bonds is 4. The summed E-state index contributed by atoms with van der Waals surface area (Å²) < 4.78 is 5.37. The van der Waals surface area contributed by atoms with Crippen molar-refractivity contribution in [2.75, 3.05) is 17.7 Å². The zero-order valence-corrected chi connectivity index (χ0v) is 18.1. The van der Waals surface area contributed by atoms with E-state index < -0.39 is 11.0 Å². The second-order valence-corrected chi connectivity index (χ2v) is 8.26. The number of fused-ring (bicyclic) bond motifs is 1. The van der Waals surface area contributed by atoms with Crippen molar-refractivity contribution in [3.63, 3.8) is 0 Å². The van der Waals surface area contributed by atoms with Crippen LogP contribution in [0.2, 0.25) is 0 Å². The zero-order valence-electron chi connectivity index (χ0n) is 18.1. The van der Waals surface area contributed by atoms with Crippen LogP contribution in [0.25, 0.3) is 0 Å². The van der Waals surface area contributed by atoms with Crippen molar-refractivity contribution >= 4 is 22.8 Å². The lowest BCUT2D eigenvalue weighted by Gasteiger charge is -2.30. The Hall–Kier alpha value is -4.13. The number of anilines is 2. The van der Waals surface area contributed by atoms with Crippen molar-refractivity contribution in [3.8, 4) is 5.75 Å². The van der Waals surface area contributed by atoms with Gasteiger partial charge in [-0.05, 0) is 48.2 Å². The fourth-order valence-corrected chi connectivity index (χ4v) is 4.75. The number of hydrogen-bond donors (Lipinski definition) is 2. The number of nitro groups is 1. The summed E-state index contributed by atoms with van der Waals surface area (Å²) in [6, 6.07) is 21.4. The first-order valence-electron chi connectivity index (χ1n) is 10.8. The van der Waals surface area contributed by atoms with Crippen molar-refractivity contribution in [2.45, 2.75) is 24.8 Å². The number of hydrogen-bond acceptors (Lipinski definition) is 6. The number of ether oxygens (including phenoxy) is 1. The van der Waals surface area contributed by atoms with Gasteiger partial charge in [-0.15, -0.1) is 0 Å². The Labute approximate surface area is 191 Å². The molecule has 0 amide bonds. The summed E-state index contributed by atoms with van der Waals surface area (Å²) in [7, 11) is 1.62. The third-order valence-electron chi connectivity index (χ3n) is 6.32. The van der Waals surface area contributed by atoms with Crippen molar-refractivity contribution in [2.24, 2.45) is 0 Å². The fourth-order valence-electron chi connectivity index (χ4n) is 4.75. The predicted molar refractivity (Wildman–Crippen MR) is 127 cm³/mol. The predicted octanol–water partition coefficient (Wildman–Crippen LogP) is 5.58. The van der Waals surface area contributed by atoms with Crippen LogP contribution in [0.15, 0.2) is 84.1 Å². The van der Waals surface area contributed by atoms with Gasteiger partial charge in [0.2, 0.25) is 0 Å². The molecule has 7 heteroatoms. The van der Waals surface area contributed by atoms with Crippen LogP contribution < -0.4 is 15.4 Å². The number of para-hydroxylation sites is 3. The summed E-state index contributed by atoms with van der Waals surface area (Å²) in [5, 5.41) is 18.7. The molecule has 5 rings (SSSR count). The Balaban J connectivity index is 1.64. The minimum Gasteiger partial charge on any atom is -0.497 e. The van der Waals surface area contributed by atoms with Crippen LogP contribution in [0.1, 0.15) is 35.9 Å². The van der Waals surface area contributed by atoms with E-state index >= 15 is 0 Å². The van der Waals surface area contributed by atoms with E-state index in [4.69, 9.17) is 4.74 Å².